The van der Waals surface area contributed by atoms with Crippen molar-refractivity contribution in [1.29, 1.82) is 0 Å². The van der Waals surface area contributed by atoms with Crippen LogP contribution in [-0.4, -0.2) is 68.1 Å². The number of benzene rings is 2. The summed E-state index contributed by atoms with van der Waals surface area (Å²) in [5.74, 6) is 0.768. The van der Waals surface area contributed by atoms with Crippen LogP contribution in [0.5, 0.6) is 0 Å². The molecule has 13 heteroatoms. The first-order valence-corrected chi connectivity index (χ1v) is 16.0. The van der Waals surface area contributed by atoms with Crippen molar-refractivity contribution in [1.82, 2.24) is 24.3 Å². The van der Waals surface area contributed by atoms with Gasteiger partial charge in [0.05, 0.1) is 24.0 Å². The number of nitrogen functional groups attached to an aromatic ring is 1. The Morgan fingerprint density at radius 3 is 2.41 bits per heavy atom. The molecule has 0 aliphatic carbocycles. The molecule has 3 aromatic heterocycles. The summed E-state index contributed by atoms with van der Waals surface area (Å²) in [6.45, 7) is 9.08. The highest BCUT2D eigenvalue weighted by molar-refractivity contribution is 5.94. The quantitative estimate of drug-likeness (QED) is 0.0732. The van der Waals surface area contributed by atoms with Crippen molar-refractivity contribution in [2.45, 2.75) is 44.9 Å². The largest absolute Gasteiger partial charge is 0.398 e. The summed E-state index contributed by atoms with van der Waals surface area (Å²) in [4.78, 5) is 45.3. The first kappa shape index (κ1) is 34.7. The molecule has 1 aliphatic rings. The highest BCUT2D eigenvalue weighted by atomic mass is 16.3. The summed E-state index contributed by atoms with van der Waals surface area (Å²) in [6, 6.07) is 18.9. The maximum absolute atomic E-state index is 13.3. The molecular weight excluding hydrogens is 620 g/mol. The van der Waals surface area contributed by atoms with Crippen molar-refractivity contribution in [3.63, 3.8) is 0 Å². The molecule has 5 aromatic rings. The van der Waals surface area contributed by atoms with Gasteiger partial charge in [0, 0.05) is 48.0 Å². The molecule has 0 bridgehead atoms. The van der Waals surface area contributed by atoms with Gasteiger partial charge in [-0.3, -0.25) is 14.6 Å². The van der Waals surface area contributed by atoms with E-state index in [2.05, 4.69) is 44.6 Å². The topological polar surface area (TPSA) is 183 Å². The van der Waals surface area contributed by atoms with Gasteiger partial charge in [0.25, 0.3) is 5.56 Å². The molecule has 0 radical (unpaired) electrons. The Labute approximate surface area is 284 Å². The van der Waals surface area contributed by atoms with Gasteiger partial charge < -0.3 is 26.8 Å². The van der Waals surface area contributed by atoms with Gasteiger partial charge in [-0.1, -0.05) is 24.3 Å². The number of aromatic nitrogens is 5. The SMILES string of the molecule is C=CCn1c(=O)c2cnc(Nc3ccc(N4CCC(N=Cc5cccc(C=O)c5N)CC4)cc3)nc2n1-c1cccc(C(C)(C)O)n1.CN. The van der Waals surface area contributed by atoms with Gasteiger partial charge >= 0.3 is 0 Å². The summed E-state index contributed by atoms with van der Waals surface area (Å²) in [6.07, 6.45) is 7.48. The summed E-state index contributed by atoms with van der Waals surface area (Å²) < 4.78 is 3.13. The maximum Gasteiger partial charge on any atom is 0.278 e. The monoisotopic (exact) mass is 662 g/mol. The third-order valence-electron chi connectivity index (χ3n) is 8.23. The van der Waals surface area contributed by atoms with Crippen LogP contribution in [0.1, 0.15) is 48.3 Å². The molecular formula is C36H42N10O3. The Kier molecular flexibility index (Phi) is 10.6. The second-order valence-electron chi connectivity index (χ2n) is 12.0. The number of hydrogen-bond acceptors (Lipinski definition) is 11. The number of aldehydes is 1. The van der Waals surface area contributed by atoms with Gasteiger partial charge in [-0.05, 0) is 76.2 Å². The average molecular weight is 663 g/mol. The highest BCUT2D eigenvalue weighted by Gasteiger charge is 2.22. The first-order valence-electron chi connectivity index (χ1n) is 16.0. The number of aliphatic imine (C=N–C) groups is 1. The van der Waals surface area contributed by atoms with E-state index in [9.17, 15) is 14.7 Å². The number of allylic oxidation sites excluding steroid dienone is 1. The van der Waals surface area contributed by atoms with E-state index in [1.54, 1.807) is 55.1 Å². The molecule has 0 atom stereocenters. The molecule has 4 heterocycles. The number of nitrogens with zero attached hydrogens (tertiary/aromatic N) is 7. The molecule has 0 spiro atoms. The predicted octanol–water partition coefficient (Wildman–Crippen LogP) is 4.19. The van der Waals surface area contributed by atoms with E-state index in [1.807, 2.05) is 24.3 Å². The Morgan fingerprint density at radius 2 is 1.73 bits per heavy atom. The van der Waals surface area contributed by atoms with E-state index in [1.165, 1.54) is 17.9 Å². The van der Waals surface area contributed by atoms with Crippen molar-refractivity contribution in [2.24, 2.45) is 10.7 Å². The smallest absolute Gasteiger partial charge is 0.278 e. The van der Waals surface area contributed by atoms with Crippen molar-refractivity contribution in [3.05, 3.63) is 107 Å². The maximum atomic E-state index is 13.3. The lowest BCUT2D eigenvalue weighted by molar-refractivity contribution is 0.0738. The minimum atomic E-state index is -1.17. The van der Waals surface area contributed by atoms with Crippen LogP contribution in [0.2, 0.25) is 0 Å². The summed E-state index contributed by atoms with van der Waals surface area (Å²) >= 11 is 0. The number of anilines is 4. The van der Waals surface area contributed by atoms with Gasteiger partial charge in [0.2, 0.25) is 5.95 Å². The van der Waals surface area contributed by atoms with Crippen LogP contribution in [0.4, 0.5) is 23.0 Å². The normalized spacial score (nSPS) is 13.7. The summed E-state index contributed by atoms with van der Waals surface area (Å²) in [7, 11) is 1.50. The Balaban J connectivity index is 0.00000230. The molecule has 0 amide bonds. The van der Waals surface area contributed by atoms with Crippen molar-refractivity contribution >= 4 is 46.5 Å². The third kappa shape index (κ3) is 7.58. The van der Waals surface area contributed by atoms with Gasteiger partial charge in [-0.15, -0.1) is 6.58 Å². The number of hydrogen-bond donors (Lipinski definition) is 4. The lowest BCUT2D eigenvalue weighted by Gasteiger charge is -2.32. The zero-order valence-corrected chi connectivity index (χ0v) is 28.0. The van der Waals surface area contributed by atoms with E-state index in [4.69, 9.17) is 15.7 Å². The molecule has 2 aromatic carbocycles. The number of aliphatic hydroxyl groups is 1. The van der Waals surface area contributed by atoms with Crippen LogP contribution in [0.15, 0.2) is 89.3 Å². The molecule has 49 heavy (non-hydrogen) atoms. The lowest BCUT2D eigenvalue weighted by atomic mass is 10.0. The number of nitrogens with one attached hydrogen (secondary N) is 1. The fourth-order valence-electron chi connectivity index (χ4n) is 5.65. The van der Waals surface area contributed by atoms with Gasteiger partial charge in [-0.2, -0.15) is 4.98 Å². The van der Waals surface area contributed by atoms with Crippen LogP contribution >= 0.6 is 0 Å². The number of rotatable bonds is 10. The van der Waals surface area contributed by atoms with E-state index < -0.39 is 5.60 Å². The molecule has 13 nitrogen and oxygen atoms in total. The standard InChI is InChI=1S/C35H37N9O3.CH5N/c1-4-17-43-33(46)28-21-38-34(41-32(28)44(43)30-10-6-9-29(40-30)35(2,3)47)39-26-11-13-27(14-12-26)42-18-15-25(16-19-42)37-20-23-7-5-8-24(22-45)31(23)36;1-2/h4-14,20-22,25,47H,1,15-19,36H2,2-3H3,(H,38,39,41);2H2,1H3. The zero-order valence-electron chi connectivity index (χ0n) is 28.0. The average Bonchev–Trinajstić information content (AvgIpc) is 3.39. The van der Waals surface area contributed by atoms with Gasteiger partial charge in [-0.25, -0.2) is 19.3 Å². The van der Waals surface area contributed by atoms with Gasteiger partial charge in [0.1, 0.15) is 11.0 Å². The molecule has 0 unspecified atom stereocenters. The number of piperidine rings is 1. The van der Waals surface area contributed by atoms with Gasteiger partial charge in [0.15, 0.2) is 17.8 Å². The zero-order chi connectivity index (χ0) is 35.1. The Hall–Kier alpha value is -5.66. The highest BCUT2D eigenvalue weighted by Crippen LogP contribution is 2.26. The lowest BCUT2D eigenvalue weighted by Crippen LogP contribution is -2.35. The number of carbonyl (C=O) groups is 1. The Bertz CT molecular complexity index is 2020. The predicted molar refractivity (Wildman–Crippen MR) is 195 cm³/mol. The number of para-hydroxylation sites is 1. The molecule has 0 saturated carbocycles. The minimum Gasteiger partial charge on any atom is -0.398 e. The molecule has 1 fully saturated rings. The van der Waals surface area contributed by atoms with Crippen LogP contribution < -0.4 is 27.2 Å². The van der Waals surface area contributed by atoms with Crippen molar-refractivity contribution in [3.8, 4) is 5.82 Å². The second kappa shape index (κ2) is 15.0. The fourth-order valence-corrected chi connectivity index (χ4v) is 5.65. The summed E-state index contributed by atoms with van der Waals surface area (Å²) in [5.41, 5.74) is 13.6. The number of nitrogens with two attached hydrogens (primary N) is 2. The van der Waals surface area contributed by atoms with E-state index >= 15 is 0 Å². The third-order valence-corrected chi connectivity index (χ3v) is 8.23. The van der Waals surface area contributed by atoms with Crippen molar-refractivity contribution in [2.75, 3.05) is 36.1 Å². The minimum absolute atomic E-state index is 0.185. The summed E-state index contributed by atoms with van der Waals surface area (Å²) in [5, 5.41) is 14.1. The second-order valence-corrected chi connectivity index (χ2v) is 12.0. The van der Waals surface area contributed by atoms with Crippen LogP contribution in [0, 0.1) is 0 Å². The fraction of sp³-hybridized carbons (Fsp3) is 0.278. The number of fused-ring (bicyclic) bond motifs is 1. The number of pyridine rings is 1. The van der Waals surface area contributed by atoms with Crippen LogP contribution in [0.25, 0.3) is 16.9 Å². The van der Waals surface area contributed by atoms with Crippen LogP contribution in [-0.2, 0) is 12.1 Å². The first-order chi connectivity index (χ1) is 23.7. The van der Waals surface area contributed by atoms with E-state index in [0.29, 0.717) is 39.7 Å². The Morgan fingerprint density at radius 1 is 1.04 bits per heavy atom. The molecule has 254 valence electrons. The molecule has 1 aliphatic heterocycles. The van der Waals surface area contributed by atoms with Crippen molar-refractivity contribution < 1.29 is 9.90 Å². The van der Waals surface area contributed by atoms with Crippen LogP contribution in [0.3, 0.4) is 0 Å². The molecule has 6 rings (SSSR count). The molecule has 6 N–H and O–H groups in total. The molecule has 1 saturated heterocycles. The van der Waals surface area contributed by atoms with E-state index in [-0.39, 0.29) is 18.1 Å². The number of carbonyl (C=O) groups excluding carboxylic acids is 1. The van der Waals surface area contributed by atoms with E-state index in [0.717, 1.165) is 49.2 Å².